The topological polar surface area (TPSA) is 45.2 Å². The van der Waals surface area contributed by atoms with E-state index < -0.39 is 0 Å². The average molecular weight is 315 g/mol. The fourth-order valence-corrected chi connectivity index (χ4v) is 3.66. The summed E-state index contributed by atoms with van der Waals surface area (Å²) in [4.78, 5) is 18.1. The van der Waals surface area contributed by atoms with Gasteiger partial charge >= 0.3 is 0 Å². The molecule has 3 aromatic rings. The summed E-state index contributed by atoms with van der Waals surface area (Å²) in [5.41, 5.74) is 6.96. The van der Waals surface area contributed by atoms with E-state index in [1.165, 1.54) is 22.8 Å². The first kappa shape index (κ1) is 13.5. The number of hydrogen-bond acceptors (Lipinski definition) is 5. The van der Waals surface area contributed by atoms with Crippen molar-refractivity contribution in [2.75, 3.05) is 22.9 Å². The quantitative estimate of drug-likeness (QED) is 0.726. The highest BCUT2D eigenvalue weighted by Gasteiger charge is 2.24. The van der Waals surface area contributed by atoms with Crippen LogP contribution in [0.15, 0.2) is 55.1 Å². The molecule has 0 saturated heterocycles. The first-order chi connectivity index (χ1) is 11.9. The Bertz CT molecular complexity index is 837. The minimum absolute atomic E-state index is 0.954. The summed E-state index contributed by atoms with van der Waals surface area (Å²) in [6.45, 7) is 1.91. The lowest BCUT2D eigenvalue weighted by atomic mass is 10.2. The van der Waals surface area contributed by atoms with Crippen molar-refractivity contribution >= 4 is 22.7 Å². The molecule has 0 atom stereocenters. The minimum atomic E-state index is 0.954. The predicted octanol–water partition coefficient (Wildman–Crippen LogP) is 3.26. The van der Waals surface area contributed by atoms with Crippen molar-refractivity contribution in [3.8, 4) is 0 Å². The number of anilines is 4. The molecule has 0 aliphatic carbocycles. The van der Waals surface area contributed by atoms with Crippen molar-refractivity contribution in [1.29, 1.82) is 0 Å². The molecule has 0 unspecified atom stereocenters. The highest BCUT2D eigenvalue weighted by Crippen LogP contribution is 2.37. The van der Waals surface area contributed by atoms with E-state index in [0.29, 0.717) is 0 Å². The molecule has 0 fully saturated rings. The van der Waals surface area contributed by atoms with Gasteiger partial charge in [-0.3, -0.25) is 15.0 Å². The van der Waals surface area contributed by atoms with Gasteiger partial charge in [0.25, 0.3) is 0 Å². The van der Waals surface area contributed by atoms with Crippen molar-refractivity contribution in [2.45, 2.75) is 12.8 Å². The molecule has 0 N–H and O–H groups in total. The molecule has 0 bridgehead atoms. The average Bonchev–Trinajstić information content (AvgIpc) is 3.26. The van der Waals surface area contributed by atoms with Gasteiger partial charge < -0.3 is 9.80 Å². The Morgan fingerprint density at radius 1 is 0.750 bits per heavy atom. The van der Waals surface area contributed by atoms with E-state index in [1.54, 1.807) is 0 Å². The maximum Gasteiger partial charge on any atom is 0.0657 e. The van der Waals surface area contributed by atoms with Crippen LogP contribution in [0.2, 0.25) is 0 Å². The highest BCUT2D eigenvalue weighted by molar-refractivity contribution is 5.74. The Kier molecular flexibility index (Phi) is 2.98. The third-order valence-corrected chi connectivity index (χ3v) is 4.79. The van der Waals surface area contributed by atoms with E-state index in [-0.39, 0.29) is 0 Å². The molecular formula is C19H17N5. The largest absolute Gasteiger partial charge is 0.338 e. The Labute approximate surface area is 140 Å². The Hall–Kier alpha value is -2.95. The Balaban J connectivity index is 1.52. The molecule has 2 aliphatic rings. The second kappa shape index (κ2) is 5.30. The molecule has 5 nitrogen and oxygen atoms in total. The second-order valence-corrected chi connectivity index (χ2v) is 6.14. The summed E-state index contributed by atoms with van der Waals surface area (Å²) in [6, 6.07) is 10.5. The summed E-state index contributed by atoms with van der Waals surface area (Å²) in [6.07, 6.45) is 9.57. The molecular weight excluding hydrogens is 298 g/mol. The zero-order valence-corrected chi connectivity index (χ0v) is 13.3. The molecule has 24 heavy (non-hydrogen) atoms. The van der Waals surface area contributed by atoms with Gasteiger partial charge in [0, 0.05) is 38.3 Å². The fourth-order valence-electron chi connectivity index (χ4n) is 3.66. The van der Waals surface area contributed by atoms with Crippen molar-refractivity contribution < 1.29 is 0 Å². The molecule has 2 aliphatic heterocycles. The third kappa shape index (κ3) is 2.05. The lowest BCUT2D eigenvalue weighted by molar-refractivity contribution is 0.960. The van der Waals surface area contributed by atoms with Gasteiger partial charge in [0.1, 0.15) is 0 Å². The number of aromatic nitrogens is 3. The van der Waals surface area contributed by atoms with E-state index in [1.807, 2.05) is 36.9 Å². The summed E-state index contributed by atoms with van der Waals surface area (Å²) in [5.74, 6) is 0. The van der Waals surface area contributed by atoms with Gasteiger partial charge in [0.05, 0.1) is 46.5 Å². The van der Waals surface area contributed by atoms with E-state index >= 15 is 0 Å². The molecule has 5 heterocycles. The second-order valence-electron chi connectivity index (χ2n) is 6.14. The SMILES string of the molecule is c1cnc2c(c1)N(c1cncc(N3CCc4ncccc43)c1)CC2. The van der Waals surface area contributed by atoms with Crippen LogP contribution >= 0.6 is 0 Å². The van der Waals surface area contributed by atoms with Gasteiger partial charge in [0.2, 0.25) is 0 Å². The summed E-state index contributed by atoms with van der Waals surface area (Å²) in [7, 11) is 0. The van der Waals surface area contributed by atoms with E-state index in [4.69, 9.17) is 0 Å². The maximum absolute atomic E-state index is 4.50. The van der Waals surface area contributed by atoms with Gasteiger partial charge in [0.15, 0.2) is 0 Å². The highest BCUT2D eigenvalue weighted by atomic mass is 15.2. The van der Waals surface area contributed by atoms with Crippen LogP contribution in [0, 0.1) is 0 Å². The number of fused-ring (bicyclic) bond motifs is 2. The maximum atomic E-state index is 4.50. The molecule has 118 valence electrons. The van der Waals surface area contributed by atoms with Gasteiger partial charge in [-0.2, -0.15) is 0 Å². The van der Waals surface area contributed by atoms with Crippen LogP contribution in [-0.4, -0.2) is 28.0 Å². The van der Waals surface area contributed by atoms with Crippen molar-refractivity contribution in [3.63, 3.8) is 0 Å². The van der Waals surface area contributed by atoms with E-state index in [0.717, 1.165) is 37.3 Å². The van der Waals surface area contributed by atoms with Gasteiger partial charge in [-0.1, -0.05) is 0 Å². The normalized spacial score (nSPS) is 15.5. The monoisotopic (exact) mass is 315 g/mol. The molecule has 3 aromatic heterocycles. The third-order valence-electron chi connectivity index (χ3n) is 4.79. The zero-order valence-electron chi connectivity index (χ0n) is 13.3. The molecule has 5 heteroatoms. The molecule has 0 aromatic carbocycles. The number of rotatable bonds is 2. The van der Waals surface area contributed by atoms with Crippen LogP contribution in [0.5, 0.6) is 0 Å². The Morgan fingerprint density at radius 2 is 1.29 bits per heavy atom. The van der Waals surface area contributed by atoms with Crippen LogP contribution in [0.1, 0.15) is 11.4 Å². The first-order valence-corrected chi connectivity index (χ1v) is 8.28. The smallest absolute Gasteiger partial charge is 0.0657 e. The molecule has 0 radical (unpaired) electrons. The van der Waals surface area contributed by atoms with Crippen LogP contribution in [0.3, 0.4) is 0 Å². The van der Waals surface area contributed by atoms with Crippen LogP contribution in [-0.2, 0) is 12.8 Å². The lowest BCUT2D eigenvalue weighted by Gasteiger charge is -2.23. The van der Waals surface area contributed by atoms with E-state index in [9.17, 15) is 0 Å². The van der Waals surface area contributed by atoms with Gasteiger partial charge in [-0.05, 0) is 30.3 Å². The lowest BCUT2D eigenvalue weighted by Crippen LogP contribution is -2.17. The predicted molar refractivity (Wildman–Crippen MR) is 94.1 cm³/mol. The molecule has 0 spiro atoms. The summed E-state index contributed by atoms with van der Waals surface area (Å²) < 4.78 is 0. The molecule has 5 rings (SSSR count). The summed E-state index contributed by atoms with van der Waals surface area (Å²) >= 11 is 0. The zero-order chi connectivity index (χ0) is 15.9. The summed E-state index contributed by atoms with van der Waals surface area (Å²) in [5, 5.41) is 0. The minimum Gasteiger partial charge on any atom is -0.338 e. The van der Waals surface area contributed by atoms with Crippen LogP contribution < -0.4 is 9.80 Å². The van der Waals surface area contributed by atoms with Crippen molar-refractivity contribution in [1.82, 2.24) is 15.0 Å². The fraction of sp³-hybridized carbons (Fsp3) is 0.211. The van der Waals surface area contributed by atoms with Crippen molar-refractivity contribution in [2.24, 2.45) is 0 Å². The number of nitrogens with zero attached hydrogens (tertiary/aromatic N) is 5. The van der Waals surface area contributed by atoms with E-state index in [2.05, 4.69) is 43.0 Å². The van der Waals surface area contributed by atoms with Crippen LogP contribution in [0.4, 0.5) is 22.7 Å². The molecule has 0 saturated carbocycles. The standard InChI is InChI=1S/C19H17N5/c1-3-18-16(21-7-1)5-9-23(18)14-11-15(13-20-12-14)24-10-6-17-19(24)4-2-8-22-17/h1-4,7-8,11-13H,5-6,9-10H2. The van der Waals surface area contributed by atoms with Crippen LogP contribution in [0.25, 0.3) is 0 Å². The number of pyridine rings is 3. The number of hydrogen-bond donors (Lipinski definition) is 0. The van der Waals surface area contributed by atoms with Crippen molar-refractivity contribution in [3.05, 3.63) is 66.5 Å². The molecule has 0 amide bonds. The van der Waals surface area contributed by atoms with Gasteiger partial charge in [-0.15, -0.1) is 0 Å². The van der Waals surface area contributed by atoms with Gasteiger partial charge in [-0.25, -0.2) is 0 Å². The Morgan fingerprint density at radius 3 is 1.83 bits per heavy atom. The first-order valence-electron chi connectivity index (χ1n) is 8.28.